The average Bonchev–Trinajstić information content (AvgIpc) is 2.29. The number of ether oxygens (including phenoxy) is 1. The number of carbonyl (C=O) groups excluding carboxylic acids is 1. The molecule has 0 saturated heterocycles. The van der Waals surface area contributed by atoms with Crippen molar-refractivity contribution in [2.24, 2.45) is 5.73 Å². The van der Waals surface area contributed by atoms with Crippen LogP contribution in [-0.4, -0.2) is 12.6 Å². The Balaban J connectivity index is 2.40. The lowest BCUT2D eigenvalue weighted by Crippen LogP contribution is -2.06. The molecule has 0 unspecified atom stereocenters. The van der Waals surface area contributed by atoms with Crippen molar-refractivity contribution in [3.63, 3.8) is 0 Å². The Morgan fingerprint density at radius 3 is 2.80 bits per heavy atom. The molecule has 0 aromatic heterocycles. The van der Waals surface area contributed by atoms with Crippen LogP contribution >= 0.6 is 0 Å². The molecule has 15 heavy (non-hydrogen) atoms. The summed E-state index contributed by atoms with van der Waals surface area (Å²) >= 11 is 0. The van der Waals surface area contributed by atoms with E-state index in [9.17, 15) is 4.79 Å². The van der Waals surface area contributed by atoms with E-state index in [0.29, 0.717) is 19.6 Å². The van der Waals surface area contributed by atoms with E-state index in [1.165, 1.54) is 0 Å². The highest BCUT2D eigenvalue weighted by molar-refractivity contribution is 5.68. The zero-order valence-electron chi connectivity index (χ0n) is 9.03. The van der Waals surface area contributed by atoms with Gasteiger partial charge in [-0.3, -0.25) is 4.79 Å². The summed E-state index contributed by atoms with van der Waals surface area (Å²) in [5.74, 6) is -0.148. The second-order valence-corrected chi connectivity index (χ2v) is 3.35. The Morgan fingerprint density at radius 2 is 2.13 bits per heavy atom. The van der Waals surface area contributed by atoms with E-state index < -0.39 is 0 Å². The SMILES string of the molecule is CCC(=O)OCCc1cccc(CN)c1. The lowest BCUT2D eigenvalue weighted by molar-refractivity contribution is -0.143. The number of hydrogen-bond donors (Lipinski definition) is 1. The standard InChI is InChI=1S/C12H17NO2/c1-2-12(14)15-7-6-10-4-3-5-11(8-10)9-13/h3-5,8H,2,6-7,9,13H2,1H3. The summed E-state index contributed by atoms with van der Waals surface area (Å²) in [5.41, 5.74) is 7.79. The van der Waals surface area contributed by atoms with Crippen molar-refractivity contribution < 1.29 is 9.53 Å². The van der Waals surface area contributed by atoms with Crippen LogP contribution in [0.15, 0.2) is 24.3 Å². The van der Waals surface area contributed by atoms with E-state index in [1.807, 2.05) is 24.3 Å². The summed E-state index contributed by atoms with van der Waals surface area (Å²) < 4.78 is 5.00. The van der Waals surface area contributed by atoms with E-state index in [-0.39, 0.29) is 5.97 Å². The number of rotatable bonds is 5. The van der Waals surface area contributed by atoms with Crippen LogP contribution in [0.25, 0.3) is 0 Å². The first-order valence-corrected chi connectivity index (χ1v) is 5.19. The maximum Gasteiger partial charge on any atom is 0.305 e. The highest BCUT2D eigenvalue weighted by Gasteiger charge is 1.99. The fourth-order valence-electron chi connectivity index (χ4n) is 1.30. The number of benzene rings is 1. The summed E-state index contributed by atoms with van der Waals surface area (Å²) in [4.78, 5) is 10.9. The van der Waals surface area contributed by atoms with Crippen molar-refractivity contribution in [2.75, 3.05) is 6.61 Å². The molecule has 0 aliphatic carbocycles. The fraction of sp³-hybridized carbons (Fsp3) is 0.417. The maximum absolute atomic E-state index is 10.9. The third kappa shape index (κ3) is 4.13. The third-order valence-electron chi connectivity index (χ3n) is 2.17. The van der Waals surface area contributed by atoms with Gasteiger partial charge in [-0.25, -0.2) is 0 Å². The van der Waals surface area contributed by atoms with E-state index in [1.54, 1.807) is 6.92 Å². The molecule has 0 bridgehead atoms. The van der Waals surface area contributed by atoms with E-state index >= 15 is 0 Å². The minimum Gasteiger partial charge on any atom is -0.465 e. The van der Waals surface area contributed by atoms with Crippen LogP contribution in [0.3, 0.4) is 0 Å². The van der Waals surface area contributed by atoms with Crippen molar-refractivity contribution in [1.82, 2.24) is 0 Å². The first-order chi connectivity index (χ1) is 7.26. The van der Waals surface area contributed by atoms with Crippen LogP contribution in [0, 0.1) is 0 Å². The summed E-state index contributed by atoms with van der Waals surface area (Å²) in [5, 5.41) is 0. The molecule has 0 atom stereocenters. The average molecular weight is 207 g/mol. The topological polar surface area (TPSA) is 52.3 Å². The van der Waals surface area contributed by atoms with Crippen molar-refractivity contribution in [3.05, 3.63) is 35.4 Å². The van der Waals surface area contributed by atoms with Crippen LogP contribution in [0.5, 0.6) is 0 Å². The van der Waals surface area contributed by atoms with E-state index in [0.717, 1.165) is 17.5 Å². The van der Waals surface area contributed by atoms with Gasteiger partial charge >= 0.3 is 5.97 Å². The molecule has 0 spiro atoms. The molecule has 0 heterocycles. The summed E-state index contributed by atoms with van der Waals surface area (Å²) in [6.45, 7) is 2.78. The molecule has 1 aromatic carbocycles. The predicted molar refractivity (Wildman–Crippen MR) is 59.3 cm³/mol. The van der Waals surface area contributed by atoms with Crippen molar-refractivity contribution in [1.29, 1.82) is 0 Å². The molecule has 1 aromatic rings. The minimum absolute atomic E-state index is 0.148. The van der Waals surface area contributed by atoms with Crippen LogP contribution in [0.2, 0.25) is 0 Å². The van der Waals surface area contributed by atoms with Crippen molar-refractivity contribution >= 4 is 5.97 Å². The van der Waals surface area contributed by atoms with Gasteiger partial charge in [-0.15, -0.1) is 0 Å². The molecule has 2 N–H and O–H groups in total. The van der Waals surface area contributed by atoms with E-state index in [2.05, 4.69) is 0 Å². The number of esters is 1. The second kappa shape index (κ2) is 6.19. The molecule has 0 fully saturated rings. The Bertz CT molecular complexity index is 323. The van der Waals surface area contributed by atoms with Crippen LogP contribution in [0.4, 0.5) is 0 Å². The van der Waals surface area contributed by atoms with Gasteiger partial charge in [0.25, 0.3) is 0 Å². The zero-order valence-corrected chi connectivity index (χ0v) is 9.03. The fourth-order valence-corrected chi connectivity index (χ4v) is 1.30. The lowest BCUT2D eigenvalue weighted by Gasteiger charge is -2.04. The predicted octanol–water partition coefficient (Wildman–Crippen LogP) is 1.64. The molecule has 0 amide bonds. The molecule has 1 rings (SSSR count). The van der Waals surface area contributed by atoms with E-state index in [4.69, 9.17) is 10.5 Å². The molecule has 0 saturated carbocycles. The van der Waals surface area contributed by atoms with Gasteiger partial charge in [-0.2, -0.15) is 0 Å². The lowest BCUT2D eigenvalue weighted by atomic mass is 10.1. The van der Waals surface area contributed by atoms with Crippen LogP contribution in [-0.2, 0) is 22.5 Å². The van der Waals surface area contributed by atoms with Gasteiger partial charge in [-0.05, 0) is 11.1 Å². The van der Waals surface area contributed by atoms with Gasteiger partial charge in [0.05, 0.1) is 6.61 Å². The number of nitrogens with two attached hydrogens (primary N) is 1. The number of hydrogen-bond acceptors (Lipinski definition) is 3. The molecule has 0 radical (unpaired) electrons. The highest BCUT2D eigenvalue weighted by atomic mass is 16.5. The molecule has 82 valence electrons. The largest absolute Gasteiger partial charge is 0.465 e. The zero-order chi connectivity index (χ0) is 11.1. The van der Waals surface area contributed by atoms with Gasteiger partial charge in [0, 0.05) is 19.4 Å². The van der Waals surface area contributed by atoms with Crippen LogP contribution < -0.4 is 5.73 Å². The van der Waals surface area contributed by atoms with Gasteiger partial charge in [0.15, 0.2) is 0 Å². The molecule has 3 nitrogen and oxygen atoms in total. The highest BCUT2D eigenvalue weighted by Crippen LogP contribution is 2.05. The Hall–Kier alpha value is -1.35. The van der Waals surface area contributed by atoms with Gasteiger partial charge in [0.2, 0.25) is 0 Å². The molecular formula is C12H17NO2. The Morgan fingerprint density at radius 1 is 1.40 bits per heavy atom. The maximum atomic E-state index is 10.9. The monoisotopic (exact) mass is 207 g/mol. The summed E-state index contributed by atoms with van der Waals surface area (Å²) in [6.07, 6.45) is 1.18. The summed E-state index contributed by atoms with van der Waals surface area (Å²) in [7, 11) is 0. The smallest absolute Gasteiger partial charge is 0.305 e. The van der Waals surface area contributed by atoms with Crippen molar-refractivity contribution in [3.8, 4) is 0 Å². The number of carbonyl (C=O) groups is 1. The second-order valence-electron chi connectivity index (χ2n) is 3.35. The molecule has 0 aliphatic heterocycles. The summed E-state index contributed by atoms with van der Waals surface area (Å²) in [6, 6.07) is 8.01. The molecule has 3 heteroatoms. The van der Waals surface area contributed by atoms with Gasteiger partial charge in [-0.1, -0.05) is 31.2 Å². The van der Waals surface area contributed by atoms with Gasteiger partial charge < -0.3 is 10.5 Å². The first kappa shape index (κ1) is 11.7. The molecule has 0 aliphatic rings. The van der Waals surface area contributed by atoms with Gasteiger partial charge in [0.1, 0.15) is 0 Å². The van der Waals surface area contributed by atoms with Crippen molar-refractivity contribution in [2.45, 2.75) is 26.3 Å². The minimum atomic E-state index is -0.148. The van der Waals surface area contributed by atoms with Crippen LogP contribution in [0.1, 0.15) is 24.5 Å². The molecular weight excluding hydrogens is 190 g/mol. The first-order valence-electron chi connectivity index (χ1n) is 5.19. The Labute approximate surface area is 90.2 Å². The Kier molecular flexibility index (Phi) is 4.84. The third-order valence-corrected chi connectivity index (χ3v) is 2.17. The normalized spacial score (nSPS) is 10.0. The quantitative estimate of drug-likeness (QED) is 0.747.